The molecule has 5 nitrogen and oxygen atoms in total. The molecule has 2 aromatic rings. The normalized spacial score (nSPS) is 10.1. The number of hydrogen-bond donors (Lipinski definition) is 2. The molecule has 2 aromatic heterocycles. The van der Waals surface area contributed by atoms with E-state index in [4.69, 9.17) is 11.6 Å². The first-order valence-corrected chi connectivity index (χ1v) is 5.56. The molecule has 0 radical (unpaired) electrons. The van der Waals surface area contributed by atoms with Crippen LogP contribution in [0.4, 0.5) is 5.69 Å². The van der Waals surface area contributed by atoms with Crippen LogP contribution in [0.25, 0.3) is 0 Å². The Morgan fingerprint density at radius 1 is 1.44 bits per heavy atom. The Morgan fingerprint density at radius 3 is 2.89 bits per heavy atom. The topological polar surface area (TPSA) is 74.8 Å². The summed E-state index contributed by atoms with van der Waals surface area (Å²) in [5, 5.41) is 2.85. The van der Waals surface area contributed by atoms with Crippen molar-refractivity contribution in [1.29, 1.82) is 0 Å². The fourth-order valence-corrected chi connectivity index (χ4v) is 1.54. The molecule has 0 aliphatic heterocycles. The molecule has 0 fully saturated rings. The van der Waals surface area contributed by atoms with Crippen LogP contribution in [0.5, 0.6) is 0 Å². The number of aromatic amines is 1. The number of carbonyl (C=O) groups excluding carboxylic acids is 1. The van der Waals surface area contributed by atoms with E-state index >= 15 is 0 Å². The second-order valence-corrected chi connectivity index (χ2v) is 4.10. The first kappa shape index (κ1) is 12.3. The summed E-state index contributed by atoms with van der Waals surface area (Å²) in [4.78, 5) is 29.1. The summed E-state index contributed by atoms with van der Waals surface area (Å²) in [6.45, 7) is 1.85. The Hall–Kier alpha value is -2.14. The Kier molecular flexibility index (Phi) is 3.43. The van der Waals surface area contributed by atoms with E-state index < -0.39 is 0 Å². The SMILES string of the molecule is Cc1cnc(Cl)c(NC(=O)c2ccc(=O)[nH]c2)c1. The fraction of sp³-hybridized carbons (Fsp3) is 0.0833. The van der Waals surface area contributed by atoms with Gasteiger partial charge in [-0.05, 0) is 24.6 Å². The minimum Gasteiger partial charge on any atom is -0.328 e. The molecule has 92 valence electrons. The van der Waals surface area contributed by atoms with Crippen LogP contribution in [0.2, 0.25) is 5.15 Å². The lowest BCUT2D eigenvalue weighted by atomic mass is 10.2. The number of nitrogens with zero attached hydrogens (tertiary/aromatic N) is 1. The average molecular weight is 264 g/mol. The van der Waals surface area contributed by atoms with Crippen LogP contribution in [0.15, 0.2) is 35.4 Å². The molecule has 0 saturated heterocycles. The van der Waals surface area contributed by atoms with Gasteiger partial charge in [-0.1, -0.05) is 11.6 Å². The van der Waals surface area contributed by atoms with Crippen LogP contribution >= 0.6 is 11.6 Å². The molecular weight excluding hydrogens is 254 g/mol. The van der Waals surface area contributed by atoms with E-state index in [1.807, 2.05) is 6.92 Å². The minimum absolute atomic E-state index is 0.221. The number of aromatic nitrogens is 2. The fourth-order valence-electron chi connectivity index (χ4n) is 1.39. The zero-order valence-electron chi connectivity index (χ0n) is 9.53. The molecule has 6 heteroatoms. The second-order valence-electron chi connectivity index (χ2n) is 3.75. The van der Waals surface area contributed by atoms with E-state index in [2.05, 4.69) is 15.3 Å². The number of aryl methyl sites for hydroxylation is 1. The highest BCUT2D eigenvalue weighted by molar-refractivity contribution is 6.32. The van der Waals surface area contributed by atoms with E-state index in [1.54, 1.807) is 12.3 Å². The van der Waals surface area contributed by atoms with Gasteiger partial charge in [0.1, 0.15) is 0 Å². The van der Waals surface area contributed by atoms with Gasteiger partial charge in [-0.3, -0.25) is 9.59 Å². The number of carbonyl (C=O) groups is 1. The van der Waals surface area contributed by atoms with Crippen LogP contribution in [-0.2, 0) is 0 Å². The van der Waals surface area contributed by atoms with Crippen LogP contribution < -0.4 is 10.9 Å². The third kappa shape index (κ3) is 2.75. The molecule has 2 rings (SSSR count). The van der Waals surface area contributed by atoms with Crippen LogP contribution in [0.3, 0.4) is 0 Å². The Labute approximate surface area is 108 Å². The van der Waals surface area contributed by atoms with E-state index in [1.165, 1.54) is 18.3 Å². The molecule has 0 saturated carbocycles. The highest BCUT2D eigenvalue weighted by Gasteiger charge is 2.09. The van der Waals surface area contributed by atoms with Crippen molar-refractivity contribution < 1.29 is 4.79 Å². The van der Waals surface area contributed by atoms with Gasteiger partial charge in [-0.2, -0.15) is 0 Å². The van der Waals surface area contributed by atoms with Gasteiger partial charge in [-0.15, -0.1) is 0 Å². The molecule has 0 aliphatic rings. The first-order valence-electron chi connectivity index (χ1n) is 5.18. The minimum atomic E-state index is -0.361. The molecule has 2 N–H and O–H groups in total. The third-order valence-corrected chi connectivity index (χ3v) is 2.57. The summed E-state index contributed by atoms with van der Waals surface area (Å²) < 4.78 is 0. The number of pyridine rings is 2. The Bertz CT molecular complexity index is 632. The van der Waals surface area contributed by atoms with Gasteiger partial charge in [0.25, 0.3) is 5.91 Å². The largest absolute Gasteiger partial charge is 0.328 e. The predicted octanol–water partition coefficient (Wildman–Crippen LogP) is 1.98. The quantitative estimate of drug-likeness (QED) is 0.814. The second kappa shape index (κ2) is 5.01. The molecule has 0 aromatic carbocycles. The summed E-state index contributed by atoms with van der Waals surface area (Å²) in [5.74, 6) is -0.361. The van der Waals surface area contributed by atoms with Crippen molar-refractivity contribution in [3.63, 3.8) is 0 Å². The lowest BCUT2D eigenvalue weighted by Crippen LogP contribution is -2.15. The summed E-state index contributed by atoms with van der Waals surface area (Å²) in [6, 6.07) is 4.44. The number of anilines is 1. The average Bonchev–Trinajstić information content (AvgIpc) is 2.34. The zero-order valence-corrected chi connectivity index (χ0v) is 10.3. The van der Waals surface area contributed by atoms with Gasteiger partial charge in [0.15, 0.2) is 5.15 Å². The van der Waals surface area contributed by atoms with Gasteiger partial charge >= 0.3 is 0 Å². The predicted molar refractivity (Wildman–Crippen MR) is 69.0 cm³/mol. The van der Waals surface area contributed by atoms with Crippen molar-refractivity contribution in [3.8, 4) is 0 Å². The molecule has 1 amide bonds. The van der Waals surface area contributed by atoms with Gasteiger partial charge in [0.05, 0.1) is 11.3 Å². The molecule has 0 atom stereocenters. The van der Waals surface area contributed by atoms with Crippen LogP contribution in [0, 0.1) is 6.92 Å². The molecule has 18 heavy (non-hydrogen) atoms. The van der Waals surface area contributed by atoms with Crippen molar-refractivity contribution in [2.24, 2.45) is 0 Å². The maximum absolute atomic E-state index is 11.9. The van der Waals surface area contributed by atoms with Gasteiger partial charge in [0, 0.05) is 18.5 Å². The Balaban J connectivity index is 2.23. The van der Waals surface area contributed by atoms with Crippen molar-refractivity contribution in [2.45, 2.75) is 6.92 Å². The van der Waals surface area contributed by atoms with Crippen molar-refractivity contribution >= 4 is 23.2 Å². The van der Waals surface area contributed by atoms with E-state index in [9.17, 15) is 9.59 Å². The monoisotopic (exact) mass is 263 g/mol. The number of amides is 1. The van der Waals surface area contributed by atoms with Crippen LogP contribution in [-0.4, -0.2) is 15.9 Å². The van der Waals surface area contributed by atoms with Gasteiger partial charge in [-0.25, -0.2) is 4.98 Å². The number of nitrogens with one attached hydrogen (secondary N) is 2. The van der Waals surface area contributed by atoms with E-state index in [0.29, 0.717) is 11.3 Å². The zero-order chi connectivity index (χ0) is 13.1. The third-order valence-electron chi connectivity index (χ3n) is 2.27. The summed E-state index contributed by atoms with van der Waals surface area (Å²) in [6.07, 6.45) is 2.95. The molecule has 0 spiro atoms. The molecule has 0 aliphatic carbocycles. The van der Waals surface area contributed by atoms with Crippen molar-refractivity contribution in [1.82, 2.24) is 9.97 Å². The van der Waals surface area contributed by atoms with Gasteiger partial charge < -0.3 is 10.3 Å². The Morgan fingerprint density at radius 2 is 2.22 bits per heavy atom. The molecule has 2 heterocycles. The maximum atomic E-state index is 11.9. The highest BCUT2D eigenvalue weighted by atomic mass is 35.5. The number of H-pyrrole nitrogens is 1. The maximum Gasteiger partial charge on any atom is 0.257 e. The van der Waals surface area contributed by atoms with E-state index in [0.717, 1.165) is 5.56 Å². The summed E-state index contributed by atoms with van der Waals surface area (Å²) in [5.41, 5.74) is 1.40. The van der Waals surface area contributed by atoms with Gasteiger partial charge in [0.2, 0.25) is 5.56 Å². The number of hydrogen-bond acceptors (Lipinski definition) is 3. The molecular formula is C12H10ClN3O2. The summed E-state index contributed by atoms with van der Waals surface area (Å²) >= 11 is 5.87. The number of halogens is 1. The molecule has 0 unspecified atom stereocenters. The lowest BCUT2D eigenvalue weighted by molar-refractivity contribution is 0.102. The summed E-state index contributed by atoms with van der Waals surface area (Å²) in [7, 11) is 0. The van der Waals surface area contributed by atoms with E-state index in [-0.39, 0.29) is 16.6 Å². The number of rotatable bonds is 2. The first-order chi connectivity index (χ1) is 8.56. The standard InChI is InChI=1S/C12H10ClN3O2/c1-7-4-9(11(13)15-5-7)16-12(18)8-2-3-10(17)14-6-8/h2-6H,1H3,(H,14,17)(H,16,18). The molecule has 0 bridgehead atoms. The lowest BCUT2D eigenvalue weighted by Gasteiger charge is -2.07. The van der Waals surface area contributed by atoms with Crippen LogP contribution in [0.1, 0.15) is 15.9 Å². The smallest absolute Gasteiger partial charge is 0.257 e. The highest BCUT2D eigenvalue weighted by Crippen LogP contribution is 2.20. The van der Waals surface area contributed by atoms with Crippen molar-refractivity contribution in [2.75, 3.05) is 5.32 Å². The van der Waals surface area contributed by atoms with Crippen molar-refractivity contribution in [3.05, 3.63) is 57.2 Å².